The summed E-state index contributed by atoms with van der Waals surface area (Å²) in [5, 5.41) is 21.2. The van der Waals surface area contributed by atoms with Crippen LogP contribution in [0.4, 0.5) is 0 Å². The predicted molar refractivity (Wildman–Crippen MR) is 135 cm³/mol. The first-order valence-corrected chi connectivity index (χ1v) is 12.5. The molecule has 0 aliphatic carbocycles. The number of nitrogens with zero attached hydrogens (tertiary/aromatic N) is 2. The third kappa shape index (κ3) is 6.60. The Hall–Kier alpha value is -2.32. The number of aliphatic hydroxyl groups excluding tert-OH is 1. The Labute approximate surface area is 198 Å². The Morgan fingerprint density at radius 1 is 0.939 bits per heavy atom. The first-order valence-electron chi connectivity index (χ1n) is 11.4. The van der Waals surface area contributed by atoms with E-state index >= 15 is 0 Å². The molecule has 5 nitrogen and oxygen atoms in total. The quantitative estimate of drug-likeness (QED) is 0.250. The van der Waals surface area contributed by atoms with E-state index in [1.165, 1.54) is 10.8 Å². The number of fused-ring (bicyclic) bond motifs is 1. The molecule has 0 saturated carbocycles. The van der Waals surface area contributed by atoms with Crippen molar-refractivity contribution in [3.05, 3.63) is 71.8 Å². The minimum atomic E-state index is -1.32. The van der Waals surface area contributed by atoms with Gasteiger partial charge in [-0.1, -0.05) is 48.5 Å². The lowest BCUT2D eigenvalue weighted by molar-refractivity contribution is 0.171. The molecule has 1 unspecified atom stereocenters. The van der Waals surface area contributed by atoms with Crippen molar-refractivity contribution in [3.63, 3.8) is 0 Å². The van der Waals surface area contributed by atoms with Crippen LogP contribution < -0.4 is 0 Å². The van der Waals surface area contributed by atoms with Crippen LogP contribution in [0.2, 0.25) is 0 Å². The predicted octanol–water partition coefficient (Wildman–Crippen LogP) is 6.79. The maximum absolute atomic E-state index is 9.90. The maximum Gasteiger partial charge on any atom is 0.259 e. The van der Waals surface area contributed by atoms with E-state index in [2.05, 4.69) is 74.8 Å². The second-order valence-electron chi connectivity index (χ2n) is 8.54. The highest BCUT2D eigenvalue weighted by atomic mass is 31.2. The van der Waals surface area contributed by atoms with Crippen molar-refractivity contribution in [1.29, 1.82) is 5.26 Å². The van der Waals surface area contributed by atoms with Crippen molar-refractivity contribution in [2.24, 2.45) is 0 Å². The summed E-state index contributed by atoms with van der Waals surface area (Å²) in [6.45, 7) is 9.16. The van der Waals surface area contributed by atoms with Crippen LogP contribution in [-0.2, 0) is 22.3 Å². The zero-order valence-electron chi connectivity index (χ0n) is 19.9. The molecule has 33 heavy (non-hydrogen) atoms. The molecule has 0 heterocycles. The molecular weight excluding hydrogens is 431 g/mol. The molecule has 0 aliphatic heterocycles. The van der Waals surface area contributed by atoms with Gasteiger partial charge < -0.3 is 14.2 Å². The average molecular weight is 465 g/mol. The lowest BCUT2D eigenvalue weighted by Gasteiger charge is -2.35. The molecule has 174 valence electrons. The van der Waals surface area contributed by atoms with Gasteiger partial charge in [-0.05, 0) is 72.9 Å². The van der Waals surface area contributed by atoms with Crippen LogP contribution in [-0.4, -0.2) is 28.5 Å². The Kier molecular flexibility index (Phi) is 9.38. The van der Waals surface area contributed by atoms with E-state index in [4.69, 9.17) is 14.3 Å². The molecular formula is C27H33N2O3P. The molecule has 1 N–H and O–H groups in total. The van der Waals surface area contributed by atoms with Gasteiger partial charge in [0.05, 0.1) is 32.3 Å². The van der Waals surface area contributed by atoms with Crippen molar-refractivity contribution < 1.29 is 14.2 Å². The van der Waals surface area contributed by atoms with Gasteiger partial charge in [0, 0.05) is 12.1 Å². The molecule has 0 amide bonds. The highest BCUT2D eigenvalue weighted by molar-refractivity contribution is 7.44. The second-order valence-corrected chi connectivity index (χ2v) is 10.00. The molecule has 0 fully saturated rings. The van der Waals surface area contributed by atoms with Gasteiger partial charge in [0.25, 0.3) is 8.53 Å². The summed E-state index contributed by atoms with van der Waals surface area (Å²) in [5.74, 6) is 0. The number of aliphatic hydroxyl groups is 1. The summed E-state index contributed by atoms with van der Waals surface area (Å²) in [5.41, 5.74) is 4.01. The molecule has 1 atom stereocenters. The highest BCUT2D eigenvalue weighted by Gasteiger charge is 2.27. The van der Waals surface area contributed by atoms with Crippen molar-refractivity contribution in [2.75, 3.05) is 6.61 Å². The van der Waals surface area contributed by atoms with Gasteiger partial charge in [-0.15, -0.1) is 0 Å². The summed E-state index contributed by atoms with van der Waals surface area (Å²) in [4.78, 5) is 0. The van der Waals surface area contributed by atoms with Crippen LogP contribution in [0.5, 0.6) is 0 Å². The van der Waals surface area contributed by atoms with Crippen molar-refractivity contribution >= 4 is 19.3 Å². The molecule has 3 aromatic rings. The van der Waals surface area contributed by atoms with E-state index in [9.17, 15) is 5.11 Å². The zero-order valence-corrected chi connectivity index (χ0v) is 20.8. The van der Waals surface area contributed by atoms with Crippen LogP contribution in [0.3, 0.4) is 0 Å². The molecule has 0 aromatic heterocycles. The van der Waals surface area contributed by atoms with Crippen LogP contribution >= 0.6 is 8.53 Å². The monoisotopic (exact) mass is 464 g/mol. The third-order valence-electron chi connectivity index (χ3n) is 5.34. The fraction of sp³-hybridized carbons (Fsp3) is 0.370. The van der Waals surface area contributed by atoms with E-state index in [0.717, 1.165) is 22.3 Å². The second kappa shape index (κ2) is 12.2. The smallest absolute Gasteiger partial charge is 0.259 e. The van der Waals surface area contributed by atoms with Gasteiger partial charge in [-0.2, -0.15) is 5.26 Å². The zero-order chi connectivity index (χ0) is 23.8. The van der Waals surface area contributed by atoms with Crippen molar-refractivity contribution in [3.8, 4) is 17.2 Å². The summed E-state index contributed by atoms with van der Waals surface area (Å²) in [7, 11) is -1.32. The number of hydrogen-bond acceptors (Lipinski definition) is 5. The Bertz CT molecular complexity index is 1080. The molecule has 0 bridgehead atoms. The first-order chi connectivity index (χ1) is 15.9. The average Bonchev–Trinajstić information content (AvgIpc) is 2.81. The van der Waals surface area contributed by atoms with E-state index in [1.54, 1.807) is 0 Å². The summed E-state index contributed by atoms with van der Waals surface area (Å²) in [6, 6.07) is 23.4. The first kappa shape index (κ1) is 25.3. The maximum atomic E-state index is 9.90. The lowest BCUT2D eigenvalue weighted by Crippen LogP contribution is -2.33. The van der Waals surface area contributed by atoms with E-state index in [1.807, 2.05) is 24.3 Å². The number of rotatable bonds is 11. The molecule has 6 heteroatoms. The van der Waals surface area contributed by atoms with Crippen LogP contribution in [0.1, 0.15) is 45.2 Å². The van der Waals surface area contributed by atoms with Gasteiger partial charge >= 0.3 is 0 Å². The Morgan fingerprint density at radius 2 is 1.64 bits per heavy atom. The summed E-state index contributed by atoms with van der Waals surface area (Å²) < 4.78 is 14.5. The van der Waals surface area contributed by atoms with Gasteiger partial charge in [-0.25, -0.2) is 4.67 Å². The summed E-state index contributed by atoms with van der Waals surface area (Å²) >= 11 is 0. The molecule has 3 aromatic carbocycles. The van der Waals surface area contributed by atoms with E-state index in [-0.39, 0.29) is 18.7 Å². The number of hydrogen-bond donors (Lipinski definition) is 1. The lowest BCUT2D eigenvalue weighted by atomic mass is 9.95. The molecule has 0 aliphatic rings. The minimum Gasteiger partial charge on any atom is -0.392 e. The van der Waals surface area contributed by atoms with Gasteiger partial charge in [-0.3, -0.25) is 0 Å². The van der Waals surface area contributed by atoms with Crippen LogP contribution in [0.15, 0.2) is 60.7 Å². The van der Waals surface area contributed by atoms with E-state index in [0.29, 0.717) is 19.6 Å². The molecule has 3 rings (SSSR count). The molecule has 0 radical (unpaired) electrons. The van der Waals surface area contributed by atoms with Gasteiger partial charge in [0.1, 0.15) is 0 Å². The normalized spacial score (nSPS) is 12.6. The highest BCUT2D eigenvalue weighted by Crippen LogP contribution is 2.47. The largest absolute Gasteiger partial charge is 0.392 e. The standard InChI is InChI=1S/C27H33N2O3P/c1-20(2)29(21(3)4)33(31-14-8-13-28)32-19-23-15-22(18-30)16-25(17-23)27-12-7-10-24-9-5-6-11-26(24)27/h5-7,9-12,15-17,20-21,30H,8,14,18-19H2,1-4H3. The molecule has 0 spiro atoms. The fourth-order valence-electron chi connectivity index (χ4n) is 4.01. The Balaban J connectivity index is 1.90. The van der Waals surface area contributed by atoms with Gasteiger partial charge in [0.15, 0.2) is 0 Å². The third-order valence-corrected chi connectivity index (χ3v) is 7.39. The molecule has 0 saturated heterocycles. The number of benzene rings is 3. The van der Waals surface area contributed by atoms with Crippen LogP contribution in [0.25, 0.3) is 21.9 Å². The van der Waals surface area contributed by atoms with Crippen molar-refractivity contribution in [2.45, 2.75) is 59.4 Å². The SMILES string of the molecule is CC(C)N(C(C)C)P(OCCC#N)OCc1cc(CO)cc(-c2cccc3ccccc23)c1. The van der Waals surface area contributed by atoms with Crippen LogP contribution in [0, 0.1) is 11.3 Å². The van der Waals surface area contributed by atoms with Crippen molar-refractivity contribution in [1.82, 2.24) is 4.67 Å². The van der Waals surface area contributed by atoms with Gasteiger partial charge in [0.2, 0.25) is 0 Å². The number of nitriles is 1. The minimum absolute atomic E-state index is 0.0385. The topological polar surface area (TPSA) is 65.7 Å². The van der Waals surface area contributed by atoms with E-state index < -0.39 is 8.53 Å². The summed E-state index contributed by atoms with van der Waals surface area (Å²) in [6.07, 6.45) is 0.331. The fourth-order valence-corrected chi connectivity index (χ4v) is 5.62. The Morgan fingerprint density at radius 3 is 2.33 bits per heavy atom.